The Hall–Kier alpha value is -0.390. The van der Waals surface area contributed by atoms with Crippen LogP contribution in [0.25, 0.3) is 0 Å². The number of hydrogen-bond acceptors (Lipinski definition) is 3. The Morgan fingerprint density at radius 1 is 1.58 bits per heavy atom. The number of fused-ring (bicyclic) bond motifs is 1. The lowest BCUT2D eigenvalue weighted by Gasteiger charge is -2.20. The van der Waals surface area contributed by atoms with Gasteiger partial charge in [0, 0.05) is 44.9 Å². The number of hydrogen-bond donors (Lipinski definition) is 1. The van der Waals surface area contributed by atoms with E-state index >= 15 is 0 Å². The lowest BCUT2D eigenvalue weighted by molar-refractivity contribution is 0.315. The summed E-state index contributed by atoms with van der Waals surface area (Å²) in [7, 11) is -0.782. The lowest BCUT2D eigenvalue weighted by atomic mass is 10.0. The van der Waals surface area contributed by atoms with Crippen LogP contribution < -0.4 is 10.1 Å². The molecule has 0 bridgehead atoms. The fourth-order valence-corrected chi connectivity index (χ4v) is 2.85. The van der Waals surface area contributed by atoms with Crippen LogP contribution in [0.2, 0.25) is 0 Å². The van der Waals surface area contributed by atoms with Crippen molar-refractivity contribution in [1.29, 1.82) is 0 Å². The topological polar surface area (TPSA) is 38.3 Å². The van der Waals surface area contributed by atoms with Gasteiger partial charge < -0.3 is 10.1 Å². The van der Waals surface area contributed by atoms with E-state index in [9.17, 15) is 4.21 Å². The van der Waals surface area contributed by atoms with Gasteiger partial charge in [0.05, 0.1) is 6.61 Å². The third-order valence-electron chi connectivity index (χ3n) is 3.46. The predicted octanol–water partition coefficient (Wildman–Crippen LogP) is 3.02. The lowest BCUT2D eigenvalue weighted by Crippen LogP contribution is -2.30. The van der Waals surface area contributed by atoms with E-state index in [-0.39, 0.29) is 11.3 Å². The smallest absolute Gasteiger partial charge is 0.125 e. The minimum Gasteiger partial charge on any atom is -0.493 e. The molecule has 0 saturated carbocycles. The second-order valence-corrected chi connectivity index (χ2v) is 7.66. The fraction of sp³-hybridized carbons (Fsp3) is 0.571. The molecule has 2 rings (SSSR count). The van der Waals surface area contributed by atoms with E-state index in [1.807, 2.05) is 19.1 Å². The number of halogens is 1. The molecule has 0 fully saturated rings. The van der Waals surface area contributed by atoms with Crippen molar-refractivity contribution in [3.63, 3.8) is 0 Å². The van der Waals surface area contributed by atoms with Crippen LogP contribution in [0, 0.1) is 0 Å². The molecule has 0 radical (unpaired) electrons. The standard InChI is InChI=1S/C14H20BrNO2S/c1-10(19(2)17)9-16-13-4-3-7-18-14-8-11(15)5-6-12(13)14/h5-6,8,10,13,16H,3-4,7,9H2,1-2H3. The van der Waals surface area contributed by atoms with Crippen LogP contribution in [0.4, 0.5) is 0 Å². The minimum absolute atomic E-state index is 0.170. The molecule has 106 valence electrons. The van der Waals surface area contributed by atoms with Crippen molar-refractivity contribution in [1.82, 2.24) is 5.32 Å². The van der Waals surface area contributed by atoms with Gasteiger partial charge in [-0.25, -0.2) is 0 Å². The number of benzene rings is 1. The maximum atomic E-state index is 11.4. The molecule has 19 heavy (non-hydrogen) atoms. The molecule has 1 aromatic carbocycles. The van der Waals surface area contributed by atoms with Crippen molar-refractivity contribution in [3.8, 4) is 5.75 Å². The highest BCUT2D eigenvalue weighted by Crippen LogP contribution is 2.33. The van der Waals surface area contributed by atoms with Gasteiger partial charge in [-0.2, -0.15) is 0 Å². The molecule has 1 aromatic rings. The Balaban J connectivity index is 2.11. The summed E-state index contributed by atoms with van der Waals surface area (Å²) in [5.74, 6) is 0.953. The van der Waals surface area contributed by atoms with Crippen molar-refractivity contribution in [2.45, 2.75) is 31.1 Å². The first-order valence-corrected chi connectivity index (χ1v) is 8.97. The van der Waals surface area contributed by atoms with E-state index in [1.54, 1.807) is 6.26 Å². The Kier molecular flexibility index (Phi) is 5.42. The van der Waals surface area contributed by atoms with Gasteiger partial charge in [0.1, 0.15) is 5.75 Å². The molecule has 1 aliphatic heterocycles. The Morgan fingerprint density at radius 3 is 3.11 bits per heavy atom. The Labute approximate surface area is 125 Å². The van der Waals surface area contributed by atoms with Crippen LogP contribution >= 0.6 is 15.9 Å². The van der Waals surface area contributed by atoms with Gasteiger partial charge in [0.2, 0.25) is 0 Å². The van der Waals surface area contributed by atoms with E-state index in [1.165, 1.54) is 5.56 Å². The monoisotopic (exact) mass is 345 g/mol. The molecular formula is C14H20BrNO2S. The van der Waals surface area contributed by atoms with Gasteiger partial charge in [-0.3, -0.25) is 4.21 Å². The van der Waals surface area contributed by atoms with Crippen molar-refractivity contribution in [3.05, 3.63) is 28.2 Å². The van der Waals surface area contributed by atoms with Gasteiger partial charge in [0.25, 0.3) is 0 Å². The Bertz CT molecular complexity index is 467. The van der Waals surface area contributed by atoms with E-state index in [4.69, 9.17) is 4.74 Å². The minimum atomic E-state index is -0.782. The Morgan fingerprint density at radius 2 is 2.37 bits per heavy atom. The molecule has 0 saturated heterocycles. The summed E-state index contributed by atoms with van der Waals surface area (Å²) in [5, 5.41) is 3.70. The summed E-state index contributed by atoms with van der Waals surface area (Å²) < 4.78 is 18.2. The average Bonchev–Trinajstić information content (AvgIpc) is 2.57. The molecule has 0 amide bonds. The first-order chi connectivity index (χ1) is 9.08. The van der Waals surface area contributed by atoms with Gasteiger partial charge in [-0.15, -0.1) is 0 Å². The largest absolute Gasteiger partial charge is 0.493 e. The highest BCUT2D eigenvalue weighted by molar-refractivity contribution is 9.10. The summed E-state index contributed by atoms with van der Waals surface area (Å²) in [6, 6.07) is 6.47. The van der Waals surface area contributed by atoms with Crippen molar-refractivity contribution in [2.75, 3.05) is 19.4 Å². The highest BCUT2D eigenvalue weighted by atomic mass is 79.9. The van der Waals surface area contributed by atoms with E-state index in [0.29, 0.717) is 0 Å². The first kappa shape index (κ1) is 15.0. The van der Waals surface area contributed by atoms with Gasteiger partial charge >= 0.3 is 0 Å². The van der Waals surface area contributed by atoms with Gasteiger partial charge in [0.15, 0.2) is 0 Å². The van der Waals surface area contributed by atoms with Crippen LogP contribution in [0.5, 0.6) is 5.75 Å². The third-order valence-corrected chi connectivity index (χ3v) is 5.26. The molecule has 3 unspecified atom stereocenters. The molecular weight excluding hydrogens is 326 g/mol. The second kappa shape index (κ2) is 6.86. The zero-order valence-corrected chi connectivity index (χ0v) is 13.7. The molecule has 5 heteroatoms. The van der Waals surface area contributed by atoms with Crippen molar-refractivity contribution in [2.24, 2.45) is 0 Å². The molecule has 3 atom stereocenters. The van der Waals surface area contributed by atoms with E-state index in [0.717, 1.165) is 36.2 Å². The summed E-state index contributed by atoms with van der Waals surface area (Å²) in [6.45, 7) is 3.54. The van der Waals surface area contributed by atoms with Crippen LogP contribution in [0.1, 0.15) is 31.4 Å². The molecule has 3 nitrogen and oxygen atoms in total. The zero-order valence-electron chi connectivity index (χ0n) is 11.3. The maximum absolute atomic E-state index is 11.4. The van der Waals surface area contributed by atoms with E-state index < -0.39 is 10.8 Å². The molecule has 0 aromatic heterocycles. The van der Waals surface area contributed by atoms with Crippen molar-refractivity contribution >= 4 is 26.7 Å². The summed E-state index contributed by atoms with van der Waals surface area (Å²) >= 11 is 3.48. The summed E-state index contributed by atoms with van der Waals surface area (Å²) in [5.41, 5.74) is 1.20. The average molecular weight is 346 g/mol. The maximum Gasteiger partial charge on any atom is 0.125 e. The van der Waals surface area contributed by atoms with Gasteiger partial charge in [-0.1, -0.05) is 22.0 Å². The molecule has 0 spiro atoms. The summed E-state index contributed by atoms with van der Waals surface area (Å²) in [4.78, 5) is 0. The highest BCUT2D eigenvalue weighted by Gasteiger charge is 2.20. The predicted molar refractivity (Wildman–Crippen MR) is 83.1 cm³/mol. The molecule has 1 heterocycles. The van der Waals surface area contributed by atoms with Crippen LogP contribution in [0.15, 0.2) is 22.7 Å². The zero-order chi connectivity index (χ0) is 13.8. The second-order valence-electron chi connectivity index (χ2n) is 4.94. The third kappa shape index (κ3) is 4.04. The summed E-state index contributed by atoms with van der Waals surface area (Å²) in [6.07, 6.45) is 3.85. The van der Waals surface area contributed by atoms with Crippen LogP contribution in [-0.2, 0) is 10.8 Å². The molecule has 1 aliphatic rings. The molecule has 0 aliphatic carbocycles. The first-order valence-electron chi connectivity index (χ1n) is 6.56. The fourth-order valence-electron chi connectivity index (χ4n) is 2.18. The van der Waals surface area contributed by atoms with Crippen molar-refractivity contribution < 1.29 is 8.95 Å². The SMILES string of the molecule is CC(CNC1CCCOc2cc(Br)ccc21)S(C)=O. The van der Waals surface area contributed by atoms with Gasteiger partial charge in [-0.05, 0) is 31.9 Å². The number of nitrogens with one attached hydrogen (secondary N) is 1. The van der Waals surface area contributed by atoms with Crippen LogP contribution in [-0.4, -0.2) is 28.9 Å². The number of ether oxygens (including phenoxy) is 1. The van der Waals surface area contributed by atoms with E-state index in [2.05, 4.69) is 27.3 Å². The quantitative estimate of drug-likeness (QED) is 0.911. The molecule has 1 N–H and O–H groups in total. The van der Waals surface area contributed by atoms with Crippen LogP contribution in [0.3, 0.4) is 0 Å². The normalized spacial score (nSPS) is 21.9. The number of rotatable bonds is 4.